The standard InChI is InChI=1S/C16H21NS2/c1-2-11-6-7-12(19-11)10-15(17)13-4-3-5-16-14(13)8-9-18-16/h6-9,13,15H,2-5,10,17H2,1H3. The van der Waals surface area contributed by atoms with Crippen molar-refractivity contribution in [2.75, 3.05) is 0 Å². The second-order valence-corrected chi connectivity index (χ2v) is 7.64. The van der Waals surface area contributed by atoms with Crippen molar-refractivity contribution in [3.63, 3.8) is 0 Å². The van der Waals surface area contributed by atoms with Gasteiger partial charge in [0, 0.05) is 26.6 Å². The van der Waals surface area contributed by atoms with Gasteiger partial charge < -0.3 is 5.73 Å². The van der Waals surface area contributed by atoms with Gasteiger partial charge in [0.2, 0.25) is 0 Å². The van der Waals surface area contributed by atoms with Crippen molar-refractivity contribution in [2.24, 2.45) is 5.73 Å². The van der Waals surface area contributed by atoms with Crippen LogP contribution in [0.2, 0.25) is 0 Å². The maximum absolute atomic E-state index is 6.52. The van der Waals surface area contributed by atoms with E-state index in [4.69, 9.17) is 5.73 Å². The molecule has 0 aromatic carbocycles. The number of hydrogen-bond acceptors (Lipinski definition) is 3. The van der Waals surface area contributed by atoms with Gasteiger partial charge in [0.05, 0.1) is 0 Å². The summed E-state index contributed by atoms with van der Waals surface area (Å²) >= 11 is 3.84. The molecule has 0 fully saturated rings. The highest BCUT2D eigenvalue weighted by molar-refractivity contribution is 7.12. The average molecular weight is 291 g/mol. The molecule has 0 spiro atoms. The molecule has 2 aromatic heterocycles. The fourth-order valence-corrected chi connectivity index (χ4v) is 5.09. The lowest BCUT2D eigenvalue weighted by molar-refractivity contribution is 0.465. The number of aryl methyl sites for hydroxylation is 2. The summed E-state index contributed by atoms with van der Waals surface area (Å²) in [7, 11) is 0. The zero-order valence-electron chi connectivity index (χ0n) is 11.4. The Kier molecular flexibility index (Phi) is 4.06. The average Bonchev–Trinajstić information content (AvgIpc) is 3.05. The van der Waals surface area contributed by atoms with E-state index in [1.807, 2.05) is 22.7 Å². The second-order valence-electron chi connectivity index (χ2n) is 5.39. The predicted octanol–water partition coefficient (Wildman–Crippen LogP) is 4.36. The summed E-state index contributed by atoms with van der Waals surface area (Å²) in [6.45, 7) is 2.22. The Hall–Kier alpha value is -0.640. The summed E-state index contributed by atoms with van der Waals surface area (Å²) in [6, 6.07) is 7.09. The van der Waals surface area contributed by atoms with Crippen LogP contribution in [0.25, 0.3) is 0 Å². The first-order valence-corrected chi connectivity index (χ1v) is 8.87. The summed E-state index contributed by atoms with van der Waals surface area (Å²) in [5.41, 5.74) is 8.05. The zero-order valence-corrected chi connectivity index (χ0v) is 13.0. The van der Waals surface area contributed by atoms with E-state index in [0.29, 0.717) is 5.92 Å². The van der Waals surface area contributed by atoms with Gasteiger partial charge in [-0.15, -0.1) is 22.7 Å². The molecule has 0 amide bonds. The molecule has 0 aliphatic heterocycles. The van der Waals surface area contributed by atoms with E-state index < -0.39 is 0 Å². The van der Waals surface area contributed by atoms with Crippen molar-refractivity contribution < 1.29 is 0 Å². The molecular formula is C16H21NS2. The highest BCUT2D eigenvalue weighted by Gasteiger charge is 2.26. The normalized spacial score (nSPS) is 20.2. The van der Waals surface area contributed by atoms with Crippen molar-refractivity contribution in [1.82, 2.24) is 0 Å². The molecule has 2 unspecified atom stereocenters. The van der Waals surface area contributed by atoms with E-state index in [1.54, 1.807) is 4.88 Å². The highest BCUT2D eigenvalue weighted by Crippen LogP contribution is 2.37. The minimum Gasteiger partial charge on any atom is -0.327 e. The van der Waals surface area contributed by atoms with Gasteiger partial charge >= 0.3 is 0 Å². The lowest BCUT2D eigenvalue weighted by Gasteiger charge is -2.27. The minimum absolute atomic E-state index is 0.275. The fraction of sp³-hybridized carbons (Fsp3) is 0.500. The van der Waals surface area contributed by atoms with Gasteiger partial charge in [-0.1, -0.05) is 6.92 Å². The van der Waals surface area contributed by atoms with Crippen molar-refractivity contribution in [2.45, 2.75) is 51.0 Å². The van der Waals surface area contributed by atoms with Gasteiger partial charge in [-0.3, -0.25) is 0 Å². The van der Waals surface area contributed by atoms with E-state index in [0.717, 1.165) is 12.8 Å². The summed E-state index contributed by atoms with van der Waals surface area (Å²) in [5, 5.41) is 2.23. The first kappa shape index (κ1) is 13.3. The van der Waals surface area contributed by atoms with Crippen LogP contribution in [0.5, 0.6) is 0 Å². The molecule has 19 heavy (non-hydrogen) atoms. The van der Waals surface area contributed by atoms with E-state index >= 15 is 0 Å². The quantitative estimate of drug-likeness (QED) is 0.890. The number of rotatable bonds is 4. The molecular weight excluding hydrogens is 270 g/mol. The topological polar surface area (TPSA) is 26.0 Å². The van der Waals surface area contributed by atoms with Gasteiger partial charge in [0.25, 0.3) is 0 Å². The minimum atomic E-state index is 0.275. The van der Waals surface area contributed by atoms with Crippen LogP contribution in [-0.4, -0.2) is 6.04 Å². The van der Waals surface area contributed by atoms with Gasteiger partial charge in [-0.2, -0.15) is 0 Å². The molecule has 2 atom stereocenters. The van der Waals surface area contributed by atoms with E-state index in [-0.39, 0.29) is 6.04 Å². The van der Waals surface area contributed by atoms with Gasteiger partial charge in [0.1, 0.15) is 0 Å². The van der Waals surface area contributed by atoms with Gasteiger partial charge in [-0.25, -0.2) is 0 Å². The molecule has 2 heterocycles. The Morgan fingerprint density at radius 3 is 2.95 bits per heavy atom. The van der Waals surface area contributed by atoms with Crippen molar-refractivity contribution in [3.8, 4) is 0 Å². The van der Waals surface area contributed by atoms with Gasteiger partial charge in [-0.05, 0) is 61.2 Å². The van der Waals surface area contributed by atoms with E-state index in [9.17, 15) is 0 Å². The maximum Gasteiger partial charge on any atom is 0.0157 e. The molecule has 3 heteroatoms. The lowest BCUT2D eigenvalue weighted by atomic mass is 9.81. The van der Waals surface area contributed by atoms with Crippen LogP contribution in [0.1, 0.15) is 45.9 Å². The Morgan fingerprint density at radius 2 is 2.16 bits per heavy atom. The van der Waals surface area contributed by atoms with Crippen LogP contribution < -0.4 is 5.73 Å². The second kappa shape index (κ2) is 5.78. The molecule has 2 aromatic rings. The fourth-order valence-electron chi connectivity index (χ4n) is 3.06. The van der Waals surface area contributed by atoms with Crippen LogP contribution in [0.15, 0.2) is 23.6 Å². The molecule has 1 aliphatic rings. The third-order valence-electron chi connectivity index (χ3n) is 4.12. The van der Waals surface area contributed by atoms with Crippen LogP contribution in [-0.2, 0) is 19.3 Å². The molecule has 0 radical (unpaired) electrons. The van der Waals surface area contributed by atoms with Crippen LogP contribution in [0, 0.1) is 0 Å². The molecule has 1 nitrogen and oxygen atoms in total. The molecule has 0 bridgehead atoms. The summed E-state index contributed by atoms with van der Waals surface area (Å²) in [6.07, 6.45) is 5.99. The van der Waals surface area contributed by atoms with Crippen LogP contribution in [0.3, 0.4) is 0 Å². The monoisotopic (exact) mass is 291 g/mol. The van der Waals surface area contributed by atoms with Gasteiger partial charge in [0.15, 0.2) is 0 Å². The maximum atomic E-state index is 6.52. The number of nitrogens with two attached hydrogens (primary N) is 1. The lowest BCUT2D eigenvalue weighted by Crippen LogP contribution is -2.32. The largest absolute Gasteiger partial charge is 0.327 e. The van der Waals surface area contributed by atoms with Crippen LogP contribution in [0.4, 0.5) is 0 Å². The molecule has 3 rings (SSSR count). The number of hydrogen-bond donors (Lipinski definition) is 1. The van der Waals surface area contributed by atoms with Crippen molar-refractivity contribution >= 4 is 22.7 Å². The number of fused-ring (bicyclic) bond motifs is 1. The summed E-state index contributed by atoms with van der Waals surface area (Å²) < 4.78 is 0. The van der Waals surface area contributed by atoms with Crippen LogP contribution >= 0.6 is 22.7 Å². The Balaban J connectivity index is 1.73. The summed E-state index contributed by atoms with van der Waals surface area (Å²) in [5.74, 6) is 0.571. The predicted molar refractivity (Wildman–Crippen MR) is 85.4 cm³/mol. The molecule has 0 saturated heterocycles. The Labute approximate surface area is 123 Å². The van der Waals surface area contributed by atoms with Crippen molar-refractivity contribution in [3.05, 3.63) is 43.8 Å². The third-order valence-corrected chi connectivity index (χ3v) is 6.37. The molecule has 2 N–H and O–H groups in total. The molecule has 1 aliphatic carbocycles. The Morgan fingerprint density at radius 1 is 1.32 bits per heavy atom. The van der Waals surface area contributed by atoms with E-state index in [1.165, 1.54) is 34.6 Å². The third kappa shape index (κ3) is 2.78. The van der Waals surface area contributed by atoms with Crippen molar-refractivity contribution in [1.29, 1.82) is 0 Å². The van der Waals surface area contributed by atoms with E-state index in [2.05, 4.69) is 30.5 Å². The summed E-state index contributed by atoms with van der Waals surface area (Å²) in [4.78, 5) is 4.50. The highest BCUT2D eigenvalue weighted by atomic mass is 32.1. The zero-order chi connectivity index (χ0) is 13.2. The SMILES string of the molecule is CCc1ccc(CC(N)C2CCCc3sccc32)s1. The molecule has 0 saturated carbocycles. The first-order valence-electron chi connectivity index (χ1n) is 7.17. The smallest absolute Gasteiger partial charge is 0.0157 e. The Bertz CT molecular complexity index is 540. The molecule has 102 valence electrons. The first-order chi connectivity index (χ1) is 9.28. The number of thiophene rings is 2.